The fourth-order valence-corrected chi connectivity index (χ4v) is 1.17. The van der Waals surface area contributed by atoms with Gasteiger partial charge in [0.15, 0.2) is 10.9 Å². The minimum absolute atomic E-state index is 0.219. The van der Waals surface area contributed by atoms with Crippen LogP contribution in [0.2, 0.25) is 5.15 Å². The van der Waals surface area contributed by atoms with Crippen molar-refractivity contribution < 1.29 is 14.3 Å². The quantitative estimate of drug-likeness (QED) is 0.344. The Kier molecular flexibility index (Phi) is 4.79. The Morgan fingerprint density at radius 1 is 1.69 bits per heavy atom. The lowest BCUT2D eigenvalue weighted by molar-refractivity contribution is 0.0599. The maximum Gasteiger partial charge on any atom is 0.339 e. The van der Waals surface area contributed by atoms with Crippen molar-refractivity contribution in [2.24, 2.45) is 0 Å². The van der Waals surface area contributed by atoms with Crippen molar-refractivity contribution in [2.75, 3.05) is 13.7 Å². The van der Waals surface area contributed by atoms with Gasteiger partial charge in [-0.15, -0.1) is 6.58 Å². The van der Waals surface area contributed by atoms with Crippen LogP contribution in [0.25, 0.3) is 0 Å². The Bertz CT molecular complexity index is 393. The van der Waals surface area contributed by atoms with Crippen LogP contribution < -0.4 is 4.74 Å². The molecule has 0 aliphatic carbocycles. The molecule has 0 aromatic carbocycles. The maximum absolute atomic E-state index is 11.2. The first-order valence-electron chi connectivity index (χ1n) is 4.66. The largest absolute Gasteiger partial charge is 0.490 e. The molecule has 0 aliphatic rings. The summed E-state index contributed by atoms with van der Waals surface area (Å²) in [5.41, 5.74) is 0.306. The van der Waals surface area contributed by atoms with Gasteiger partial charge in [0.2, 0.25) is 0 Å². The number of nitrogens with zero attached hydrogens (tertiary/aromatic N) is 1. The molecule has 0 bridgehead atoms. The maximum atomic E-state index is 11.2. The van der Waals surface area contributed by atoms with Crippen molar-refractivity contribution >= 4 is 17.6 Å². The van der Waals surface area contributed by atoms with Gasteiger partial charge in [0.25, 0.3) is 0 Å². The number of esters is 1. The second-order valence-corrected chi connectivity index (χ2v) is 3.29. The van der Waals surface area contributed by atoms with Gasteiger partial charge in [0, 0.05) is 6.20 Å². The minimum atomic E-state index is -0.474. The van der Waals surface area contributed by atoms with E-state index in [1.165, 1.54) is 19.4 Å². The zero-order valence-corrected chi connectivity index (χ0v) is 9.66. The molecule has 0 aliphatic heterocycles. The molecular formula is C11H12ClNO3. The first-order valence-corrected chi connectivity index (χ1v) is 5.04. The van der Waals surface area contributed by atoms with Crippen LogP contribution in [0.15, 0.2) is 24.9 Å². The average molecular weight is 242 g/mol. The summed E-state index contributed by atoms with van der Waals surface area (Å²) in [5, 5.41) is 0.219. The van der Waals surface area contributed by atoms with Crippen LogP contribution in [0.4, 0.5) is 0 Å². The number of halogens is 1. The van der Waals surface area contributed by atoms with Gasteiger partial charge in [-0.2, -0.15) is 0 Å². The highest BCUT2D eigenvalue weighted by Crippen LogP contribution is 2.23. The third-order valence-electron chi connectivity index (χ3n) is 1.81. The minimum Gasteiger partial charge on any atom is -0.490 e. The van der Waals surface area contributed by atoms with Crippen LogP contribution in [0, 0.1) is 0 Å². The van der Waals surface area contributed by atoms with E-state index in [-0.39, 0.29) is 5.15 Å². The summed E-state index contributed by atoms with van der Waals surface area (Å²) in [6.45, 7) is 4.01. The Morgan fingerprint density at radius 2 is 2.44 bits per heavy atom. The summed E-state index contributed by atoms with van der Waals surface area (Å²) in [7, 11) is 1.30. The van der Waals surface area contributed by atoms with Crippen molar-refractivity contribution in [2.45, 2.75) is 6.42 Å². The monoisotopic (exact) mass is 241 g/mol. The number of ether oxygens (including phenoxy) is 2. The number of pyridine rings is 1. The van der Waals surface area contributed by atoms with Crippen LogP contribution in [-0.4, -0.2) is 24.7 Å². The summed E-state index contributed by atoms with van der Waals surface area (Å²) in [5.74, 6) is -0.107. The summed E-state index contributed by atoms with van der Waals surface area (Å²) in [4.78, 5) is 15.1. The molecular weight excluding hydrogens is 230 g/mol. The molecule has 86 valence electrons. The van der Waals surface area contributed by atoms with E-state index >= 15 is 0 Å². The number of carbonyl (C=O) groups excluding carboxylic acids is 1. The lowest BCUT2D eigenvalue weighted by Gasteiger charge is -2.07. The number of aromatic nitrogens is 1. The average Bonchev–Trinajstić information content (AvgIpc) is 2.31. The van der Waals surface area contributed by atoms with Gasteiger partial charge in [-0.1, -0.05) is 17.7 Å². The predicted molar refractivity (Wildman–Crippen MR) is 60.9 cm³/mol. The third kappa shape index (κ3) is 3.24. The van der Waals surface area contributed by atoms with Crippen molar-refractivity contribution in [1.29, 1.82) is 0 Å². The molecule has 0 spiro atoms. The van der Waals surface area contributed by atoms with Crippen molar-refractivity contribution in [3.05, 3.63) is 35.6 Å². The summed E-state index contributed by atoms with van der Waals surface area (Å²) in [6.07, 6.45) is 3.76. The van der Waals surface area contributed by atoms with Crippen LogP contribution >= 0.6 is 11.6 Å². The molecule has 1 aromatic rings. The molecule has 0 saturated heterocycles. The number of hydrogen-bond acceptors (Lipinski definition) is 4. The van der Waals surface area contributed by atoms with E-state index in [0.717, 1.165) is 0 Å². The van der Waals surface area contributed by atoms with Gasteiger partial charge in [0.05, 0.1) is 19.3 Å². The second kappa shape index (κ2) is 6.12. The number of methoxy groups -OCH3 is 1. The summed E-state index contributed by atoms with van der Waals surface area (Å²) >= 11 is 5.81. The van der Waals surface area contributed by atoms with Crippen LogP contribution in [0.1, 0.15) is 16.8 Å². The van der Waals surface area contributed by atoms with Crippen LogP contribution in [0.3, 0.4) is 0 Å². The van der Waals surface area contributed by atoms with E-state index in [1.807, 2.05) is 0 Å². The Hall–Kier alpha value is -1.55. The Balaban J connectivity index is 2.81. The first kappa shape index (κ1) is 12.5. The van der Waals surface area contributed by atoms with Crippen molar-refractivity contribution in [3.63, 3.8) is 0 Å². The molecule has 0 unspecified atom stereocenters. The predicted octanol–water partition coefficient (Wildman–Crippen LogP) is 2.48. The highest BCUT2D eigenvalue weighted by Gasteiger charge is 2.10. The Labute approximate surface area is 98.8 Å². The topological polar surface area (TPSA) is 48.4 Å². The van der Waals surface area contributed by atoms with E-state index in [0.29, 0.717) is 24.3 Å². The molecule has 0 amide bonds. The fraction of sp³-hybridized carbons (Fsp3) is 0.273. The molecule has 4 nitrogen and oxygen atoms in total. The van der Waals surface area contributed by atoms with Gasteiger partial charge < -0.3 is 9.47 Å². The molecule has 0 fully saturated rings. The van der Waals surface area contributed by atoms with Gasteiger partial charge in [-0.25, -0.2) is 9.78 Å². The molecule has 16 heavy (non-hydrogen) atoms. The van der Waals surface area contributed by atoms with E-state index in [9.17, 15) is 4.79 Å². The molecule has 0 radical (unpaired) electrons. The van der Waals surface area contributed by atoms with Crippen molar-refractivity contribution in [1.82, 2.24) is 4.98 Å². The van der Waals surface area contributed by atoms with Crippen LogP contribution in [-0.2, 0) is 4.74 Å². The standard InChI is InChI=1S/C11H12ClNO3/c1-3-4-5-16-9-6-8(11(14)15-2)7-13-10(9)12/h3,6-7H,1,4-5H2,2H3. The molecule has 1 heterocycles. The lowest BCUT2D eigenvalue weighted by Crippen LogP contribution is -2.04. The number of hydrogen-bond donors (Lipinski definition) is 0. The summed E-state index contributed by atoms with van der Waals surface area (Å²) < 4.78 is 9.90. The van der Waals surface area contributed by atoms with Crippen molar-refractivity contribution in [3.8, 4) is 5.75 Å². The SMILES string of the molecule is C=CCCOc1cc(C(=O)OC)cnc1Cl. The van der Waals surface area contributed by atoms with E-state index in [4.69, 9.17) is 16.3 Å². The molecule has 0 N–H and O–H groups in total. The second-order valence-electron chi connectivity index (χ2n) is 2.93. The molecule has 0 saturated carbocycles. The van der Waals surface area contributed by atoms with Gasteiger partial charge >= 0.3 is 5.97 Å². The highest BCUT2D eigenvalue weighted by atomic mass is 35.5. The zero-order valence-electron chi connectivity index (χ0n) is 8.90. The highest BCUT2D eigenvalue weighted by molar-refractivity contribution is 6.30. The lowest BCUT2D eigenvalue weighted by atomic mass is 10.3. The van der Waals surface area contributed by atoms with E-state index in [1.54, 1.807) is 6.08 Å². The Morgan fingerprint density at radius 3 is 3.06 bits per heavy atom. The molecule has 0 atom stereocenters. The van der Waals surface area contributed by atoms with E-state index < -0.39 is 5.97 Å². The summed E-state index contributed by atoms with van der Waals surface area (Å²) in [6, 6.07) is 1.50. The van der Waals surface area contributed by atoms with Gasteiger partial charge in [-0.3, -0.25) is 0 Å². The van der Waals surface area contributed by atoms with E-state index in [2.05, 4.69) is 16.3 Å². The number of rotatable bonds is 5. The van der Waals surface area contributed by atoms with Gasteiger partial charge in [-0.05, 0) is 12.5 Å². The van der Waals surface area contributed by atoms with Crippen LogP contribution in [0.5, 0.6) is 5.75 Å². The smallest absolute Gasteiger partial charge is 0.339 e. The third-order valence-corrected chi connectivity index (χ3v) is 2.09. The molecule has 5 heteroatoms. The molecule has 1 aromatic heterocycles. The van der Waals surface area contributed by atoms with Gasteiger partial charge in [0.1, 0.15) is 0 Å². The fourth-order valence-electron chi connectivity index (χ4n) is 1.01. The number of carbonyl (C=O) groups is 1. The normalized spacial score (nSPS) is 9.62. The molecule has 1 rings (SSSR count). The first-order chi connectivity index (χ1) is 7.69. The zero-order chi connectivity index (χ0) is 12.0.